The van der Waals surface area contributed by atoms with Gasteiger partial charge in [-0.2, -0.15) is 0 Å². The molecule has 3 N–H and O–H groups in total. The Balaban J connectivity index is 2.20. The van der Waals surface area contributed by atoms with Gasteiger partial charge in [-0.15, -0.1) is 0 Å². The molecule has 116 valence electrons. The molecule has 0 spiro atoms. The lowest BCUT2D eigenvalue weighted by Gasteiger charge is -2.18. The monoisotopic (exact) mass is 380 g/mol. The molecule has 0 amide bonds. The molecule has 11 heteroatoms. The van der Waals surface area contributed by atoms with Crippen LogP contribution in [0.3, 0.4) is 0 Å². The van der Waals surface area contributed by atoms with Crippen LogP contribution in [0.4, 0.5) is 0 Å². The summed E-state index contributed by atoms with van der Waals surface area (Å²) in [6.07, 6.45) is 2.58. The first-order chi connectivity index (χ1) is 9.92. The van der Waals surface area contributed by atoms with E-state index in [0.29, 0.717) is 22.2 Å². The molecular weight excluding hydrogens is 367 g/mol. The molecule has 0 aliphatic rings. The Labute approximate surface area is 128 Å². The predicted molar refractivity (Wildman–Crippen MR) is 76.6 cm³/mol. The molecule has 0 bridgehead atoms. The minimum atomic E-state index is -4.22. The number of hydrogen-bond donors (Lipinski definition) is 3. The first-order valence-electron chi connectivity index (χ1n) is 5.98. The van der Waals surface area contributed by atoms with Crippen LogP contribution in [0.1, 0.15) is 12.5 Å². The van der Waals surface area contributed by atoms with Crippen LogP contribution in [0.2, 0.25) is 0 Å². The lowest BCUT2D eigenvalue weighted by atomic mass is 10.2. The lowest BCUT2D eigenvalue weighted by molar-refractivity contribution is 0.112. The Hall–Kier alpha value is -0.900. The maximum Gasteiger partial charge on any atom is 0.350 e. The first-order valence-corrected chi connectivity index (χ1v) is 8.57. The van der Waals surface area contributed by atoms with E-state index in [-0.39, 0.29) is 19.3 Å². The second-order valence-electron chi connectivity index (χ2n) is 4.32. The smallest absolute Gasteiger partial charge is 0.350 e. The Bertz CT molecular complexity index is 660. The predicted octanol–water partition coefficient (Wildman–Crippen LogP) is 0.664. The van der Waals surface area contributed by atoms with Gasteiger partial charge < -0.3 is 24.2 Å². The number of aromatic nitrogens is 4. The molecule has 2 aromatic heterocycles. The van der Waals surface area contributed by atoms with Crippen LogP contribution in [-0.4, -0.2) is 54.0 Å². The van der Waals surface area contributed by atoms with Crippen molar-refractivity contribution in [1.29, 1.82) is 0 Å². The third-order valence-electron chi connectivity index (χ3n) is 2.74. The van der Waals surface area contributed by atoms with Gasteiger partial charge in [-0.25, -0.2) is 15.0 Å². The maximum atomic E-state index is 10.8. The average Bonchev–Trinajstić information content (AvgIpc) is 2.81. The summed E-state index contributed by atoms with van der Waals surface area (Å²) in [6, 6.07) is -0.339. The van der Waals surface area contributed by atoms with Crippen LogP contribution in [-0.2, 0) is 9.30 Å². The number of ether oxygens (including phenoxy) is 1. The van der Waals surface area contributed by atoms with Gasteiger partial charge in [0.1, 0.15) is 22.8 Å². The molecule has 9 nitrogen and oxygen atoms in total. The number of aliphatic hydroxyl groups excluding tert-OH is 1. The van der Waals surface area contributed by atoms with E-state index in [1.54, 1.807) is 4.57 Å². The average molecular weight is 381 g/mol. The highest BCUT2D eigenvalue weighted by atomic mass is 79.9. The van der Waals surface area contributed by atoms with E-state index in [9.17, 15) is 4.57 Å². The molecule has 1 unspecified atom stereocenters. The third-order valence-corrected chi connectivity index (χ3v) is 3.84. The summed E-state index contributed by atoms with van der Waals surface area (Å²) >= 11 is 3.27. The molecular formula is C10H14BrN4O5P. The fourth-order valence-electron chi connectivity index (χ4n) is 1.85. The van der Waals surface area contributed by atoms with Crippen molar-refractivity contribution >= 4 is 34.7 Å². The van der Waals surface area contributed by atoms with Crippen LogP contribution < -0.4 is 0 Å². The van der Waals surface area contributed by atoms with Crippen LogP contribution in [0.25, 0.3) is 11.2 Å². The zero-order valence-corrected chi connectivity index (χ0v) is 13.3. The fraction of sp³-hybridized carbons (Fsp3) is 0.500. The van der Waals surface area contributed by atoms with E-state index >= 15 is 0 Å². The lowest BCUT2D eigenvalue weighted by Crippen LogP contribution is -2.17. The fourth-order valence-corrected chi connectivity index (χ4v) is 2.56. The van der Waals surface area contributed by atoms with Crippen LogP contribution >= 0.6 is 23.5 Å². The maximum absolute atomic E-state index is 10.8. The number of imidazole rings is 1. The summed E-state index contributed by atoms with van der Waals surface area (Å²) in [4.78, 5) is 29.9. The SMILES string of the molecule is O=P(O)(O)COCC(CCO)n1cnc2c(Br)ncnc21. The summed E-state index contributed by atoms with van der Waals surface area (Å²) in [5.74, 6) is 0. The minimum Gasteiger partial charge on any atom is -0.396 e. The third kappa shape index (κ3) is 4.29. The van der Waals surface area contributed by atoms with Crippen molar-refractivity contribution < 1.29 is 24.2 Å². The van der Waals surface area contributed by atoms with Gasteiger partial charge in [-0.05, 0) is 22.4 Å². The van der Waals surface area contributed by atoms with Crippen molar-refractivity contribution in [2.24, 2.45) is 0 Å². The molecule has 0 aliphatic carbocycles. The number of aliphatic hydroxyl groups is 1. The van der Waals surface area contributed by atoms with E-state index in [2.05, 4.69) is 30.9 Å². The zero-order chi connectivity index (χ0) is 15.5. The highest BCUT2D eigenvalue weighted by molar-refractivity contribution is 9.10. The summed E-state index contributed by atoms with van der Waals surface area (Å²) in [5.41, 5.74) is 1.12. The Morgan fingerprint density at radius 2 is 2.14 bits per heavy atom. The second kappa shape index (κ2) is 6.91. The number of fused-ring (bicyclic) bond motifs is 1. The zero-order valence-electron chi connectivity index (χ0n) is 10.8. The topological polar surface area (TPSA) is 131 Å². The van der Waals surface area contributed by atoms with Crippen molar-refractivity contribution in [3.8, 4) is 0 Å². The van der Waals surface area contributed by atoms with E-state index in [0.717, 1.165) is 0 Å². The van der Waals surface area contributed by atoms with Crippen molar-refractivity contribution in [2.45, 2.75) is 12.5 Å². The van der Waals surface area contributed by atoms with E-state index in [1.165, 1.54) is 12.7 Å². The van der Waals surface area contributed by atoms with Crippen LogP contribution in [0, 0.1) is 0 Å². The molecule has 0 aromatic carbocycles. The van der Waals surface area contributed by atoms with E-state index < -0.39 is 13.9 Å². The summed E-state index contributed by atoms with van der Waals surface area (Å²) < 4.78 is 18.1. The van der Waals surface area contributed by atoms with Gasteiger partial charge >= 0.3 is 7.60 Å². The number of nitrogens with zero attached hydrogens (tertiary/aromatic N) is 4. The van der Waals surface area contributed by atoms with Crippen LogP contribution in [0.15, 0.2) is 17.3 Å². The molecule has 1 atom stereocenters. The summed E-state index contributed by atoms with van der Waals surface area (Å²) in [7, 11) is -4.22. The quantitative estimate of drug-likeness (QED) is 0.471. The van der Waals surface area contributed by atoms with Gasteiger partial charge in [-0.3, -0.25) is 4.57 Å². The van der Waals surface area contributed by atoms with Gasteiger partial charge in [-0.1, -0.05) is 0 Å². The first kappa shape index (κ1) is 16.5. The van der Waals surface area contributed by atoms with Gasteiger partial charge in [0, 0.05) is 6.61 Å². The molecule has 2 aromatic rings. The van der Waals surface area contributed by atoms with Crippen LogP contribution in [0.5, 0.6) is 0 Å². The van der Waals surface area contributed by atoms with Crippen molar-refractivity contribution in [1.82, 2.24) is 19.5 Å². The van der Waals surface area contributed by atoms with Crippen molar-refractivity contribution in [2.75, 3.05) is 19.6 Å². The van der Waals surface area contributed by atoms with E-state index in [1.807, 2.05) is 0 Å². The molecule has 2 heterocycles. The molecule has 0 saturated heterocycles. The Morgan fingerprint density at radius 1 is 1.38 bits per heavy atom. The number of rotatable bonds is 7. The highest BCUT2D eigenvalue weighted by Gasteiger charge is 2.19. The Morgan fingerprint density at radius 3 is 2.81 bits per heavy atom. The van der Waals surface area contributed by atoms with Gasteiger partial charge in [0.05, 0.1) is 19.0 Å². The summed E-state index contributed by atoms with van der Waals surface area (Å²) in [5, 5.41) is 9.14. The van der Waals surface area contributed by atoms with Gasteiger partial charge in [0.15, 0.2) is 5.65 Å². The molecule has 0 aliphatic heterocycles. The normalized spacial score (nSPS) is 13.7. The molecule has 0 radical (unpaired) electrons. The van der Waals surface area contributed by atoms with Crippen molar-refractivity contribution in [3.05, 3.63) is 17.3 Å². The molecule has 21 heavy (non-hydrogen) atoms. The highest BCUT2D eigenvalue weighted by Crippen LogP contribution is 2.34. The Kier molecular flexibility index (Phi) is 5.42. The summed E-state index contributed by atoms with van der Waals surface area (Å²) in [6.45, 7) is -0.0748. The van der Waals surface area contributed by atoms with Gasteiger partial charge in [0.25, 0.3) is 0 Å². The standard InChI is InChI=1S/C10H14BrN4O5P/c11-9-8-10(13-4-12-9)15(5-14-8)7(1-2-16)3-20-6-21(17,18)19/h4-5,7,16H,1-3,6H2,(H2,17,18,19). The van der Waals surface area contributed by atoms with E-state index in [4.69, 9.17) is 19.6 Å². The molecule has 2 rings (SSSR count). The van der Waals surface area contributed by atoms with Crippen molar-refractivity contribution in [3.63, 3.8) is 0 Å². The largest absolute Gasteiger partial charge is 0.396 e. The second-order valence-corrected chi connectivity index (χ2v) is 6.66. The van der Waals surface area contributed by atoms with Gasteiger partial charge in [0.2, 0.25) is 0 Å². The number of hydrogen-bond acceptors (Lipinski definition) is 6. The molecule has 0 saturated carbocycles. The number of halogens is 1. The minimum absolute atomic E-state index is 0.0265. The molecule has 0 fully saturated rings.